The number of nitrogens with zero attached hydrogens (tertiary/aromatic N) is 2. The molecule has 0 spiro atoms. The Morgan fingerprint density at radius 3 is 2.62 bits per heavy atom. The molecule has 1 aromatic heterocycles. The normalized spacial score (nSPS) is 11.0. The Morgan fingerprint density at radius 1 is 1.14 bits per heavy atom. The molecule has 3 rings (SSSR count). The number of oxazole rings is 1. The van der Waals surface area contributed by atoms with Gasteiger partial charge in [-0.05, 0) is 38.1 Å². The predicted octanol–water partition coefficient (Wildman–Crippen LogP) is 3.74. The number of aryl methyl sites for hydroxylation is 1. The van der Waals surface area contributed by atoms with Gasteiger partial charge >= 0.3 is 0 Å². The van der Waals surface area contributed by atoms with Crippen LogP contribution in [0.2, 0.25) is 0 Å². The van der Waals surface area contributed by atoms with Crippen LogP contribution in [0.15, 0.2) is 46.9 Å². The highest BCUT2D eigenvalue weighted by Gasteiger charge is 2.11. The second kappa shape index (κ2) is 5.48. The molecule has 21 heavy (non-hydrogen) atoms. The summed E-state index contributed by atoms with van der Waals surface area (Å²) in [5.41, 5.74) is 10.5. The standard InChI is InChI=1S/C17H19N3O/c1-3-20(14-7-4-12(2)5-8-14)11-17-19-15-9-6-13(18)10-16(15)21-17/h4-10H,3,11,18H2,1-2H3. The molecule has 0 atom stereocenters. The fourth-order valence-corrected chi connectivity index (χ4v) is 2.36. The SMILES string of the molecule is CCN(Cc1nc2ccc(N)cc2o1)c1ccc(C)cc1. The van der Waals surface area contributed by atoms with E-state index in [0.717, 1.165) is 17.6 Å². The van der Waals surface area contributed by atoms with E-state index in [9.17, 15) is 0 Å². The minimum absolute atomic E-state index is 0.647. The summed E-state index contributed by atoms with van der Waals surface area (Å²) in [5.74, 6) is 0.707. The Kier molecular flexibility index (Phi) is 3.52. The number of nitrogen functional groups attached to an aromatic ring is 1. The van der Waals surface area contributed by atoms with Gasteiger partial charge in [0.1, 0.15) is 5.52 Å². The van der Waals surface area contributed by atoms with Crippen LogP contribution in [0, 0.1) is 6.92 Å². The molecule has 0 aliphatic rings. The molecule has 1 heterocycles. The van der Waals surface area contributed by atoms with E-state index in [-0.39, 0.29) is 0 Å². The van der Waals surface area contributed by atoms with Gasteiger partial charge in [-0.25, -0.2) is 4.98 Å². The summed E-state index contributed by atoms with van der Waals surface area (Å²) in [6.45, 7) is 5.75. The number of nitrogens with two attached hydrogens (primary N) is 1. The monoisotopic (exact) mass is 281 g/mol. The van der Waals surface area contributed by atoms with Crippen molar-refractivity contribution in [1.82, 2.24) is 4.98 Å². The van der Waals surface area contributed by atoms with E-state index in [1.54, 1.807) is 0 Å². The number of fused-ring (bicyclic) bond motifs is 1. The van der Waals surface area contributed by atoms with Gasteiger partial charge in [0.2, 0.25) is 5.89 Å². The van der Waals surface area contributed by atoms with Crippen molar-refractivity contribution in [3.8, 4) is 0 Å². The van der Waals surface area contributed by atoms with Gasteiger partial charge in [0.15, 0.2) is 5.58 Å². The highest BCUT2D eigenvalue weighted by molar-refractivity contribution is 5.76. The van der Waals surface area contributed by atoms with Crippen LogP contribution >= 0.6 is 0 Å². The maximum Gasteiger partial charge on any atom is 0.215 e. The largest absolute Gasteiger partial charge is 0.439 e. The summed E-state index contributed by atoms with van der Waals surface area (Å²) in [5, 5.41) is 0. The fraction of sp³-hybridized carbons (Fsp3) is 0.235. The molecule has 0 fully saturated rings. The molecule has 2 aromatic carbocycles. The minimum atomic E-state index is 0.647. The number of hydrogen-bond acceptors (Lipinski definition) is 4. The molecule has 4 heteroatoms. The summed E-state index contributed by atoms with van der Waals surface area (Å²) in [7, 11) is 0. The lowest BCUT2D eigenvalue weighted by molar-refractivity contribution is 0.522. The van der Waals surface area contributed by atoms with Crippen molar-refractivity contribution < 1.29 is 4.42 Å². The Morgan fingerprint density at radius 2 is 1.90 bits per heavy atom. The van der Waals surface area contributed by atoms with Crippen LogP contribution in [-0.2, 0) is 6.54 Å². The first-order valence-electron chi connectivity index (χ1n) is 7.12. The van der Waals surface area contributed by atoms with Crippen LogP contribution in [0.4, 0.5) is 11.4 Å². The van der Waals surface area contributed by atoms with Crippen molar-refractivity contribution in [3.63, 3.8) is 0 Å². The number of benzene rings is 2. The first-order valence-corrected chi connectivity index (χ1v) is 7.12. The van der Waals surface area contributed by atoms with Gasteiger partial charge in [-0.3, -0.25) is 0 Å². The molecular weight excluding hydrogens is 262 g/mol. The van der Waals surface area contributed by atoms with Crippen LogP contribution in [0.5, 0.6) is 0 Å². The van der Waals surface area contributed by atoms with E-state index < -0.39 is 0 Å². The van der Waals surface area contributed by atoms with E-state index in [1.807, 2.05) is 18.2 Å². The second-order valence-corrected chi connectivity index (χ2v) is 5.18. The van der Waals surface area contributed by atoms with Crippen molar-refractivity contribution in [3.05, 3.63) is 53.9 Å². The van der Waals surface area contributed by atoms with Crippen molar-refractivity contribution in [2.24, 2.45) is 0 Å². The molecule has 0 saturated heterocycles. The lowest BCUT2D eigenvalue weighted by Gasteiger charge is -2.21. The van der Waals surface area contributed by atoms with Crippen LogP contribution < -0.4 is 10.6 Å². The Balaban J connectivity index is 1.86. The third-order valence-electron chi connectivity index (χ3n) is 3.56. The van der Waals surface area contributed by atoms with Crippen molar-refractivity contribution in [2.75, 3.05) is 17.2 Å². The molecule has 0 aliphatic carbocycles. The molecule has 0 saturated carbocycles. The summed E-state index contributed by atoms with van der Waals surface area (Å²) in [6.07, 6.45) is 0. The number of anilines is 2. The Labute approximate surface area is 124 Å². The second-order valence-electron chi connectivity index (χ2n) is 5.18. The van der Waals surface area contributed by atoms with Crippen LogP contribution in [0.25, 0.3) is 11.1 Å². The van der Waals surface area contributed by atoms with Crippen LogP contribution in [0.1, 0.15) is 18.4 Å². The van der Waals surface area contributed by atoms with Crippen LogP contribution in [0.3, 0.4) is 0 Å². The number of aromatic nitrogens is 1. The quantitative estimate of drug-likeness (QED) is 0.740. The molecule has 0 bridgehead atoms. The van der Waals surface area contributed by atoms with Gasteiger partial charge < -0.3 is 15.1 Å². The van der Waals surface area contributed by atoms with Gasteiger partial charge in [-0.1, -0.05) is 17.7 Å². The van der Waals surface area contributed by atoms with Gasteiger partial charge in [0.05, 0.1) is 6.54 Å². The first-order chi connectivity index (χ1) is 10.2. The van der Waals surface area contributed by atoms with E-state index >= 15 is 0 Å². The van der Waals surface area contributed by atoms with Crippen LogP contribution in [-0.4, -0.2) is 11.5 Å². The average Bonchev–Trinajstić information content (AvgIpc) is 2.87. The summed E-state index contributed by atoms with van der Waals surface area (Å²) >= 11 is 0. The smallest absolute Gasteiger partial charge is 0.215 e. The molecule has 108 valence electrons. The highest BCUT2D eigenvalue weighted by atomic mass is 16.3. The van der Waals surface area contributed by atoms with Gasteiger partial charge in [0, 0.05) is 24.0 Å². The van der Waals surface area contributed by atoms with E-state index in [4.69, 9.17) is 10.2 Å². The average molecular weight is 281 g/mol. The number of hydrogen-bond donors (Lipinski definition) is 1. The molecule has 0 unspecified atom stereocenters. The summed E-state index contributed by atoms with van der Waals surface area (Å²) in [6, 6.07) is 14.0. The van der Waals surface area contributed by atoms with E-state index in [0.29, 0.717) is 18.1 Å². The maximum atomic E-state index is 5.79. The zero-order chi connectivity index (χ0) is 14.8. The van der Waals surface area contributed by atoms with Gasteiger partial charge in [-0.15, -0.1) is 0 Å². The predicted molar refractivity (Wildman–Crippen MR) is 86.3 cm³/mol. The molecule has 4 nitrogen and oxygen atoms in total. The van der Waals surface area contributed by atoms with E-state index in [2.05, 4.69) is 48.0 Å². The third kappa shape index (κ3) is 2.84. The molecular formula is C17H19N3O. The Hall–Kier alpha value is -2.49. The first kappa shape index (κ1) is 13.5. The lowest BCUT2D eigenvalue weighted by atomic mass is 10.2. The Bertz CT molecular complexity index is 746. The highest BCUT2D eigenvalue weighted by Crippen LogP contribution is 2.22. The maximum absolute atomic E-state index is 5.79. The van der Waals surface area contributed by atoms with Crippen molar-refractivity contribution in [2.45, 2.75) is 20.4 Å². The molecule has 0 amide bonds. The third-order valence-corrected chi connectivity index (χ3v) is 3.56. The fourth-order valence-electron chi connectivity index (χ4n) is 2.36. The minimum Gasteiger partial charge on any atom is -0.439 e. The molecule has 3 aromatic rings. The van der Waals surface area contributed by atoms with Crippen molar-refractivity contribution >= 4 is 22.5 Å². The zero-order valence-electron chi connectivity index (χ0n) is 12.3. The zero-order valence-corrected chi connectivity index (χ0v) is 12.3. The lowest BCUT2D eigenvalue weighted by Crippen LogP contribution is -2.22. The molecule has 2 N–H and O–H groups in total. The molecule has 0 aliphatic heterocycles. The van der Waals surface area contributed by atoms with Crippen molar-refractivity contribution in [1.29, 1.82) is 0 Å². The summed E-state index contributed by atoms with van der Waals surface area (Å²) in [4.78, 5) is 6.75. The molecule has 0 radical (unpaired) electrons. The topological polar surface area (TPSA) is 55.3 Å². The van der Waals surface area contributed by atoms with Gasteiger partial charge in [0.25, 0.3) is 0 Å². The summed E-state index contributed by atoms with van der Waals surface area (Å²) < 4.78 is 5.79. The van der Waals surface area contributed by atoms with E-state index in [1.165, 1.54) is 11.3 Å². The number of rotatable bonds is 4. The van der Waals surface area contributed by atoms with Gasteiger partial charge in [-0.2, -0.15) is 0 Å².